The minimum absolute atomic E-state index is 0.00380. The summed E-state index contributed by atoms with van der Waals surface area (Å²) in [6.45, 7) is 8.25. The van der Waals surface area contributed by atoms with Crippen molar-refractivity contribution in [3.8, 4) is 5.75 Å². The van der Waals surface area contributed by atoms with Crippen molar-refractivity contribution in [2.24, 2.45) is 0 Å². The number of benzene rings is 2. The van der Waals surface area contributed by atoms with Crippen molar-refractivity contribution in [3.05, 3.63) is 71.8 Å². The van der Waals surface area contributed by atoms with Gasteiger partial charge >= 0.3 is 0 Å². The molecule has 120 valence electrons. The molecule has 0 aliphatic carbocycles. The van der Waals surface area contributed by atoms with Crippen LogP contribution in [-0.4, -0.2) is 12.5 Å². The Morgan fingerprint density at radius 3 is 2.74 bits per heavy atom. The van der Waals surface area contributed by atoms with Crippen molar-refractivity contribution in [2.45, 2.75) is 26.7 Å². The fourth-order valence-corrected chi connectivity index (χ4v) is 2.26. The second-order valence-electron chi connectivity index (χ2n) is 5.59. The molecule has 2 rings (SSSR count). The van der Waals surface area contributed by atoms with Gasteiger partial charge in [0, 0.05) is 18.2 Å². The molecular weight excluding hydrogens is 286 g/mol. The Morgan fingerprint density at radius 1 is 1.17 bits per heavy atom. The molecule has 0 aromatic heterocycles. The van der Waals surface area contributed by atoms with Crippen LogP contribution in [0.15, 0.2) is 55.1 Å². The number of amides is 1. The lowest BCUT2D eigenvalue weighted by Crippen LogP contribution is -2.12. The second-order valence-corrected chi connectivity index (χ2v) is 5.59. The van der Waals surface area contributed by atoms with Crippen molar-refractivity contribution < 1.29 is 9.53 Å². The number of hydrogen-bond donors (Lipinski definition) is 1. The predicted molar refractivity (Wildman–Crippen MR) is 95.0 cm³/mol. The fraction of sp³-hybridized carbons (Fsp3) is 0.250. The zero-order chi connectivity index (χ0) is 16.7. The largest absolute Gasteiger partial charge is 0.489 e. The maximum atomic E-state index is 12.1. The topological polar surface area (TPSA) is 38.3 Å². The lowest BCUT2D eigenvalue weighted by Gasteiger charge is -2.09. The maximum absolute atomic E-state index is 12.1. The van der Waals surface area contributed by atoms with Crippen LogP contribution in [0.4, 0.5) is 5.69 Å². The molecule has 1 amide bonds. The third-order valence-electron chi connectivity index (χ3n) is 3.70. The summed E-state index contributed by atoms with van der Waals surface area (Å²) < 4.78 is 5.46. The molecule has 3 heteroatoms. The molecule has 0 aliphatic heterocycles. The Hall–Kier alpha value is -2.55. The van der Waals surface area contributed by atoms with E-state index in [0.29, 0.717) is 13.0 Å². The van der Waals surface area contributed by atoms with E-state index < -0.39 is 0 Å². The molecular formula is C20H23NO2. The van der Waals surface area contributed by atoms with Crippen LogP contribution in [0, 0.1) is 13.8 Å². The van der Waals surface area contributed by atoms with E-state index in [1.54, 1.807) is 6.08 Å². The van der Waals surface area contributed by atoms with E-state index in [-0.39, 0.29) is 5.91 Å². The summed E-state index contributed by atoms with van der Waals surface area (Å²) in [5.74, 6) is 0.723. The van der Waals surface area contributed by atoms with Crippen LogP contribution in [0.1, 0.15) is 23.1 Å². The van der Waals surface area contributed by atoms with Crippen molar-refractivity contribution >= 4 is 11.6 Å². The normalized spacial score (nSPS) is 10.2. The van der Waals surface area contributed by atoms with Gasteiger partial charge in [-0.15, -0.1) is 0 Å². The number of carbonyl (C=O) groups is 1. The molecule has 3 nitrogen and oxygen atoms in total. The number of ether oxygens (including phenoxy) is 1. The fourth-order valence-electron chi connectivity index (χ4n) is 2.26. The SMILES string of the molecule is C=CCOc1cccc(NC(=O)CCc2ccc(C)c(C)c2)c1. The highest BCUT2D eigenvalue weighted by Crippen LogP contribution is 2.18. The summed E-state index contributed by atoms with van der Waals surface area (Å²) >= 11 is 0. The zero-order valence-electron chi connectivity index (χ0n) is 13.8. The van der Waals surface area contributed by atoms with Crippen LogP contribution < -0.4 is 10.1 Å². The highest BCUT2D eigenvalue weighted by molar-refractivity contribution is 5.91. The summed E-state index contributed by atoms with van der Waals surface area (Å²) in [6.07, 6.45) is 2.88. The van der Waals surface area contributed by atoms with Gasteiger partial charge in [-0.1, -0.05) is 36.9 Å². The van der Waals surface area contributed by atoms with Crippen LogP contribution in [0.2, 0.25) is 0 Å². The van der Waals surface area contributed by atoms with E-state index in [9.17, 15) is 4.79 Å². The average molecular weight is 309 g/mol. The predicted octanol–water partition coefficient (Wildman–Crippen LogP) is 4.44. The Balaban J connectivity index is 1.89. The number of anilines is 1. The second kappa shape index (κ2) is 8.18. The van der Waals surface area contributed by atoms with E-state index in [1.807, 2.05) is 24.3 Å². The van der Waals surface area contributed by atoms with Gasteiger partial charge < -0.3 is 10.1 Å². The van der Waals surface area contributed by atoms with E-state index in [2.05, 4.69) is 43.9 Å². The van der Waals surface area contributed by atoms with Crippen LogP contribution in [0.3, 0.4) is 0 Å². The Labute approximate surface area is 138 Å². The molecule has 0 unspecified atom stereocenters. The van der Waals surface area contributed by atoms with E-state index >= 15 is 0 Å². The molecule has 0 spiro atoms. The van der Waals surface area contributed by atoms with E-state index in [4.69, 9.17) is 4.74 Å². The number of hydrogen-bond acceptors (Lipinski definition) is 2. The minimum atomic E-state index is 0.00380. The first-order chi connectivity index (χ1) is 11.1. The number of carbonyl (C=O) groups excluding carboxylic acids is 1. The number of aryl methyl sites for hydroxylation is 3. The maximum Gasteiger partial charge on any atom is 0.224 e. The molecule has 2 aromatic rings. The number of nitrogens with one attached hydrogen (secondary N) is 1. The first-order valence-electron chi connectivity index (χ1n) is 7.78. The van der Waals surface area contributed by atoms with Gasteiger partial charge in [0.2, 0.25) is 5.91 Å². The first kappa shape index (κ1) is 16.8. The molecule has 0 bridgehead atoms. The summed E-state index contributed by atoms with van der Waals surface area (Å²) in [5.41, 5.74) is 4.47. The highest BCUT2D eigenvalue weighted by Gasteiger charge is 2.05. The average Bonchev–Trinajstić information content (AvgIpc) is 2.54. The smallest absolute Gasteiger partial charge is 0.224 e. The third-order valence-corrected chi connectivity index (χ3v) is 3.70. The molecule has 0 fully saturated rings. The van der Waals surface area contributed by atoms with Gasteiger partial charge in [-0.05, 0) is 49.1 Å². The van der Waals surface area contributed by atoms with Crippen molar-refractivity contribution in [1.82, 2.24) is 0 Å². The molecule has 0 saturated carbocycles. The molecule has 0 aliphatic rings. The molecule has 0 saturated heterocycles. The van der Waals surface area contributed by atoms with Gasteiger partial charge in [-0.25, -0.2) is 0 Å². The summed E-state index contributed by atoms with van der Waals surface area (Å²) in [5, 5.41) is 2.91. The van der Waals surface area contributed by atoms with Gasteiger partial charge in [0.25, 0.3) is 0 Å². The molecule has 0 atom stereocenters. The van der Waals surface area contributed by atoms with E-state index in [1.165, 1.54) is 16.7 Å². The Bertz CT molecular complexity index is 692. The summed E-state index contributed by atoms with van der Waals surface area (Å²) in [4.78, 5) is 12.1. The minimum Gasteiger partial charge on any atom is -0.489 e. The van der Waals surface area contributed by atoms with Crippen LogP contribution in [-0.2, 0) is 11.2 Å². The van der Waals surface area contributed by atoms with E-state index in [0.717, 1.165) is 17.9 Å². The van der Waals surface area contributed by atoms with Crippen molar-refractivity contribution in [2.75, 3.05) is 11.9 Å². The third kappa shape index (κ3) is 5.29. The van der Waals surface area contributed by atoms with Gasteiger partial charge in [0.05, 0.1) is 0 Å². The van der Waals surface area contributed by atoms with Crippen LogP contribution in [0.5, 0.6) is 5.75 Å². The lowest BCUT2D eigenvalue weighted by atomic mass is 10.0. The van der Waals surface area contributed by atoms with Crippen molar-refractivity contribution in [3.63, 3.8) is 0 Å². The molecule has 1 N–H and O–H groups in total. The standard InChI is InChI=1S/C20H23NO2/c1-4-12-23-19-7-5-6-18(14-19)21-20(22)11-10-17-9-8-15(2)16(3)13-17/h4-9,13-14H,1,10-12H2,2-3H3,(H,21,22). The molecule has 2 aromatic carbocycles. The van der Waals surface area contributed by atoms with Crippen molar-refractivity contribution in [1.29, 1.82) is 0 Å². The lowest BCUT2D eigenvalue weighted by molar-refractivity contribution is -0.116. The molecule has 0 radical (unpaired) electrons. The monoisotopic (exact) mass is 309 g/mol. The quantitative estimate of drug-likeness (QED) is 0.768. The van der Waals surface area contributed by atoms with Gasteiger partial charge in [-0.3, -0.25) is 4.79 Å². The molecule has 0 heterocycles. The van der Waals surface area contributed by atoms with Gasteiger partial charge in [-0.2, -0.15) is 0 Å². The summed E-state index contributed by atoms with van der Waals surface area (Å²) in [7, 11) is 0. The van der Waals surface area contributed by atoms with Crippen LogP contribution >= 0.6 is 0 Å². The number of rotatable bonds is 7. The highest BCUT2D eigenvalue weighted by atomic mass is 16.5. The van der Waals surface area contributed by atoms with Gasteiger partial charge in [0.1, 0.15) is 12.4 Å². The molecule has 23 heavy (non-hydrogen) atoms. The van der Waals surface area contributed by atoms with Gasteiger partial charge in [0.15, 0.2) is 0 Å². The Kier molecular flexibility index (Phi) is 5.98. The Morgan fingerprint density at radius 2 is 2.00 bits per heavy atom. The summed E-state index contributed by atoms with van der Waals surface area (Å²) in [6, 6.07) is 13.7. The van der Waals surface area contributed by atoms with Crippen LogP contribution in [0.25, 0.3) is 0 Å². The first-order valence-corrected chi connectivity index (χ1v) is 7.78. The zero-order valence-corrected chi connectivity index (χ0v) is 13.8.